The van der Waals surface area contributed by atoms with Gasteiger partial charge < -0.3 is 10.3 Å². The highest BCUT2D eigenvalue weighted by Crippen LogP contribution is 2.14. The predicted molar refractivity (Wildman–Crippen MR) is 55.9 cm³/mol. The third kappa shape index (κ3) is 2.55. The van der Waals surface area contributed by atoms with E-state index in [4.69, 9.17) is 0 Å². The van der Waals surface area contributed by atoms with Gasteiger partial charge in [-0.15, -0.1) is 0 Å². The summed E-state index contributed by atoms with van der Waals surface area (Å²) in [4.78, 5) is 17.6. The van der Waals surface area contributed by atoms with Gasteiger partial charge in [0, 0.05) is 6.04 Å². The number of nitrogens with zero attached hydrogens (tertiary/aromatic N) is 1. The van der Waals surface area contributed by atoms with Gasteiger partial charge in [0.15, 0.2) is 0 Å². The van der Waals surface area contributed by atoms with Gasteiger partial charge in [0.05, 0.1) is 6.33 Å². The molecule has 72 valence electrons. The highest BCUT2D eigenvalue weighted by Gasteiger charge is 2.06. The summed E-state index contributed by atoms with van der Waals surface area (Å²) in [5, 5.41) is 3.12. The molecule has 0 spiro atoms. The smallest absolute Gasteiger partial charge is 0.267 e. The fourth-order valence-electron chi connectivity index (χ4n) is 0.819. The van der Waals surface area contributed by atoms with Crippen molar-refractivity contribution >= 4 is 21.7 Å². The third-order valence-corrected chi connectivity index (χ3v) is 2.53. The summed E-state index contributed by atoms with van der Waals surface area (Å²) in [6.45, 7) is 4.11. The van der Waals surface area contributed by atoms with E-state index in [1.807, 2.05) is 6.92 Å². The summed E-state index contributed by atoms with van der Waals surface area (Å²) in [6.07, 6.45) is 2.37. The van der Waals surface area contributed by atoms with Crippen LogP contribution in [0.3, 0.4) is 0 Å². The van der Waals surface area contributed by atoms with Gasteiger partial charge in [0.1, 0.15) is 10.3 Å². The Balaban J connectivity index is 2.89. The molecule has 0 saturated carbocycles. The fourth-order valence-corrected chi connectivity index (χ4v) is 1.15. The molecular weight excluding hydrogens is 234 g/mol. The minimum Gasteiger partial charge on any atom is -0.366 e. The number of aromatic nitrogens is 2. The van der Waals surface area contributed by atoms with Crippen molar-refractivity contribution in [1.82, 2.24) is 9.97 Å². The maximum atomic E-state index is 11.1. The molecule has 0 saturated heterocycles. The van der Waals surface area contributed by atoms with Crippen LogP contribution in [0.15, 0.2) is 15.6 Å². The zero-order valence-corrected chi connectivity index (χ0v) is 9.18. The van der Waals surface area contributed by atoms with Crippen LogP contribution in [0, 0.1) is 0 Å². The van der Waals surface area contributed by atoms with E-state index in [0.29, 0.717) is 16.3 Å². The first-order chi connectivity index (χ1) is 6.15. The molecule has 1 aromatic heterocycles. The quantitative estimate of drug-likeness (QED) is 0.854. The van der Waals surface area contributed by atoms with E-state index in [9.17, 15) is 4.79 Å². The second kappa shape index (κ2) is 4.41. The number of nitrogens with one attached hydrogen (secondary N) is 2. The van der Waals surface area contributed by atoms with Gasteiger partial charge in [-0.3, -0.25) is 4.79 Å². The van der Waals surface area contributed by atoms with Crippen molar-refractivity contribution in [3.05, 3.63) is 21.2 Å². The van der Waals surface area contributed by atoms with E-state index in [1.165, 1.54) is 6.33 Å². The SMILES string of the molecule is CCC(C)Nc1nc[nH]c(=O)c1Br. The van der Waals surface area contributed by atoms with E-state index < -0.39 is 0 Å². The lowest BCUT2D eigenvalue weighted by atomic mass is 10.2. The molecule has 0 bridgehead atoms. The number of hydrogen-bond donors (Lipinski definition) is 2. The number of halogens is 1. The van der Waals surface area contributed by atoms with Crippen molar-refractivity contribution in [1.29, 1.82) is 0 Å². The molecule has 1 atom stereocenters. The number of anilines is 1. The highest BCUT2D eigenvalue weighted by molar-refractivity contribution is 9.10. The summed E-state index contributed by atoms with van der Waals surface area (Å²) in [5.74, 6) is 0.595. The van der Waals surface area contributed by atoms with Crippen molar-refractivity contribution < 1.29 is 0 Å². The van der Waals surface area contributed by atoms with Crippen molar-refractivity contribution in [3.63, 3.8) is 0 Å². The minimum absolute atomic E-state index is 0.166. The summed E-state index contributed by atoms with van der Waals surface area (Å²) >= 11 is 3.17. The topological polar surface area (TPSA) is 57.8 Å². The Morgan fingerprint density at radius 1 is 1.77 bits per heavy atom. The molecule has 0 aliphatic carbocycles. The lowest BCUT2D eigenvalue weighted by molar-refractivity contribution is 0.756. The van der Waals surface area contributed by atoms with Crippen LogP contribution in [0.2, 0.25) is 0 Å². The molecular formula is C8H12BrN3O. The molecule has 0 aromatic carbocycles. The second-order valence-corrected chi connectivity index (χ2v) is 3.64. The summed E-state index contributed by atoms with van der Waals surface area (Å²) in [5.41, 5.74) is -0.166. The third-order valence-electron chi connectivity index (χ3n) is 1.79. The van der Waals surface area contributed by atoms with E-state index in [2.05, 4.69) is 38.1 Å². The summed E-state index contributed by atoms with van der Waals surface area (Å²) in [6, 6.07) is 0.311. The highest BCUT2D eigenvalue weighted by atomic mass is 79.9. The Hall–Kier alpha value is -0.840. The van der Waals surface area contributed by atoms with Crippen LogP contribution in [0.25, 0.3) is 0 Å². The monoisotopic (exact) mass is 245 g/mol. The van der Waals surface area contributed by atoms with Crippen molar-refractivity contribution in [2.24, 2.45) is 0 Å². The molecule has 0 fully saturated rings. The normalized spacial score (nSPS) is 12.5. The zero-order chi connectivity index (χ0) is 9.84. The Morgan fingerprint density at radius 2 is 2.46 bits per heavy atom. The van der Waals surface area contributed by atoms with Crippen molar-refractivity contribution in [2.75, 3.05) is 5.32 Å². The van der Waals surface area contributed by atoms with Gasteiger partial charge in [0.2, 0.25) is 0 Å². The summed E-state index contributed by atoms with van der Waals surface area (Å²) in [7, 11) is 0. The van der Waals surface area contributed by atoms with E-state index in [-0.39, 0.29) is 5.56 Å². The van der Waals surface area contributed by atoms with Gasteiger partial charge in [-0.2, -0.15) is 0 Å². The van der Waals surface area contributed by atoms with Crippen LogP contribution in [0.1, 0.15) is 20.3 Å². The van der Waals surface area contributed by atoms with Crippen LogP contribution in [-0.2, 0) is 0 Å². The zero-order valence-electron chi connectivity index (χ0n) is 7.60. The van der Waals surface area contributed by atoms with E-state index in [0.717, 1.165) is 6.42 Å². The molecule has 1 rings (SSSR count). The number of rotatable bonds is 3. The molecule has 0 amide bonds. The van der Waals surface area contributed by atoms with Crippen LogP contribution in [0.4, 0.5) is 5.82 Å². The molecule has 1 heterocycles. The predicted octanol–water partition coefficient (Wildman–Crippen LogP) is 1.74. The molecule has 1 unspecified atom stereocenters. The van der Waals surface area contributed by atoms with Crippen LogP contribution < -0.4 is 10.9 Å². The first-order valence-electron chi connectivity index (χ1n) is 4.14. The molecule has 2 N–H and O–H groups in total. The van der Waals surface area contributed by atoms with E-state index >= 15 is 0 Å². The standard InChI is InChI=1S/C8H12BrN3O/c1-3-5(2)12-7-6(9)8(13)11-4-10-7/h4-5H,3H2,1-2H3,(H2,10,11,12,13). The average molecular weight is 246 g/mol. The molecule has 0 radical (unpaired) electrons. The average Bonchev–Trinajstić information content (AvgIpc) is 2.13. The Kier molecular flexibility index (Phi) is 3.48. The largest absolute Gasteiger partial charge is 0.366 e. The fraction of sp³-hybridized carbons (Fsp3) is 0.500. The lowest BCUT2D eigenvalue weighted by Crippen LogP contribution is -2.18. The number of aromatic amines is 1. The number of H-pyrrole nitrogens is 1. The minimum atomic E-state index is -0.166. The molecule has 13 heavy (non-hydrogen) atoms. The lowest BCUT2D eigenvalue weighted by Gasteiger charge is -2.12. The van der Waals surface area contributed by atoms with Crippen LogP contribution >= 0.6 is 15.9 Å². The first kappa shape index (κ1) is 10.2. The van der Waals surface area contributed by atoms with Crippen molar-refractivity contribution in [3.8, 4) is 0 Å². The molecule has 0 aliphatic rings. The van der Waals surface area contributed by atoms with Gasteiger partial charge in [-0.25, -0.2) is 4.98 Å². The first-order valence-corrected chi connectivity index (χ1v) is 4.94. The Morgan fingerprint density at radius 3 is 3.08 bits per heavy atom. The molecule has 5 heteroatoms. The van der Waals surface area contributed by atoms with Crippen LogP contribution in [-0.4, -0.2) is 16.0 Å². The van der Waals surface area contributed by atoms with Gasteiger partial charge in [0.25, 0.3) is 5.56 Å². The Labute approximate surface area is 84.9 Å². The maximum Gasteiger partial charge on any atom is 0.267 e. The number of hydrogen-bond acceptors (Lipinski definition) is 3. The van der Waals surface area contributed by atoms with Crippen molar-refractivity contribution in [2.45, 2.75) is 26.3 Å². The van der Waals surface area contributed by atoms with Crippen LogP contribution in [0.5, 0.6) is 0 Å². The van der Waals surface area contributed by atoms with Gasteiger partial charge in [-0.1, -0.05) is 6.92 Å². The summed E-state index contributed by atoms with van der Waals surface area (Å²) < 4.78 is 0.454. The molecule has 0 aliphatic heterocycles. The maximum absolute atomic E-state index is 11.1. The molecule has 4 nitrogen and oxygen atoms in total. The van der Waals surface area contributed by atoms with Gasteiger partial charge in [-0.05, 0) is 29.3 Å². The Bertz CT molecular complexity index is 336. The van der Waals surface area contributed by atoms with E-state index in [1.54, 1.807) is 0 Å². The van der Waals surface area contributed by atoms with Gasteiger partial charge >= 0.3 is 0 Å². The molecule has 1 aromatic rings. The second-order valence-electron chi connectivity index (χ2n) is 2.85.